The molecule has 1 aromatic carbocycles. The van der Waals surface area contributed by atoms with Gasteiger partial charge in [-0.05, 0) is 50.9 Å². The average molecular weight is 290 g/mol. The van der Waals surface area contributed by atoms with Gasteiger partial charge in [0.15, 0.2) is 0 Å². The highest BCUT2D eigenvalue weighted by Crippen LogP contribution is 2.33. The van der Waals surface area contributed by atoms with Gasteiger partial charge in [0.05, 0.1) is 6.61 Å². The second-order valence-electron chi connectivity index (χ2n) is 6.21. The molecular weight excluding hydrogens is 260 g/mol. The van der Waals surface area contributed by atoms with Crippen LogP contribution in [0.1, 0.15) is 43.9 Å². The maximum absolute atomic E-state index is 5.34. The SMILES string of the molecule is CCCNC1c2ccccc2CCC1N(C)C(C)COC. The molecular formula is C18H30N2O. The van der Waals surface area contributed by atoms with E-state index in [1.165, 1.54) is 30.4 Å². The molecule has 3 nitrogen and oxygen atoms in total. The van der Waals surface area contributed by atoms with Gasteiger partial charge in [0.1, 0.15) is 0 Å². The zero-order valence-electron chi connectivity index (χ0n) is 13.9. The summed E-state index contributed by atoms with van der Waals surface area (Å²) in [6.07, 6.45) is 3.56. The lowest BCUT2D eigenvalue weighted by molar-refractivity contribution is 0.0684. The number of nitrogens with zero attached hydrogens (tertiary/aromatic N) is 1. The van der Waals surface area contributed by atoms with Crippen molar-refractivity contribution >= 4 is 0 Å². The Kier molecular flexibility index (Phi) is 6.22. The maximum Gasteiger partial charge on any atom is 0.0615 e. The van der Waals surface area contributed by atoms with Crippen molar-refractivity contribution in [3.63, 3.8) is 0 Å². The van der Waals surface area contributed by atoms with E-state index in [0.717, 1.165) is 13.2 Å². The number of fused-ring (bicyclic) bond motifs is 1. The van der Waals surface area contributed by atoms with Crippen LogP contribution in [0.4, 0.5) is 0 Å². The van der Waals surface area contributed by atoms with E-state index in [0.29, 0.717) is 18.1 Å². The number of hydrogen-bond donors (Lipinski definition) is 1. The zero-order chi connectivity index (χ0) is 15.2. The lowest BCUT2D eigenvalue weighted by Gasteiger charge is -2.42. The van der Waals surface area contributed by atoms with E-state index in [9.17, 15) is 0 Å². The number of nitrogens with one attached hydrogen (secondary N) is 1. The van der Waals surface area contributed by atoms with E-state index < -0.39 is 0 Å². The Balaban J connectivity index is 2.20. The van der Waals surface area contributed by atoms with Crippen LogP contribution < -0.4 is 5.32 Å². The van der Waals surface area contributed by atoms with Gasteiger partial charge in [-0.1, -0.05) is 31.2 Å². The highest BCUT2D eigenvalue weighted by molar-refractivity contribution is 5.34. The summed E-state index contributed by atoms with van der Waals surface area (Å²) in [5, 5.41) is 3.77. The Morgan fingerprint density at radius 1 is 1.38 bits per heavy atom. The minimum absolute atomic E-state index is 0.430. The van der Waals surface area contributed by atoms with Crippen molar-refractivity contribution in [2.45, 2.75) is 51.2 Å². The average Bonchev–Trinajstić information content (AvgIpc) is 2.52. The molecule has 2 rings (SSSR count). The molecule has 0 aromatic heterocycles. The minimum Gasteiger partial charge on any atom is -0.383 e. The van der Waals surface area contributed by atoms with Crippen LogP contribution in [0.3, 0.4) is 0 Å². The number of rotatable bonds is 7. The van der Waals surface area contributed by atoms with E-state index in [-0.39, 0.29) is 0 Å². The normalized spacial score (nSPS) is 23.1. The Bertz CT molecular complexity index is 435. The molecule has 0 bridgehead atoms. The molecule has 0 aliphatic heterocycles. The van der Waals surface area contributed by atoms with Gasteiger partial charge in [-0.15, -0.1) is 0 Å². The number of aryl methyl sites for hydroxylation is 1. The van der Waals surface area contributed by atoms with Crippen molar-refractivity contribution in [1.82, 2.24) is 10.2 Å². The smallest absolute Gasteiger partial charge is 0.0615 e. The Hall–Kier alpha value is -0.900. The number of methoxy groups -OCH3 is 1. The predicted molar refractivity (Wildman–Crippen MR) is 88.7 cm³/mol. The fourth-order valence-corrected chi connectivity index (χ4v) is 3.41. The molecule has 1 N–H and O–H groups in total. The fraction of sp³-hybridized carbons (Fsp3) is 0.667. The highest BCUT2D eigenvalue weighted by Gasteiger charge is 2.33. The van der Waals surface area contributed by atoms with Crippen molar-refractivity contribution in [2.24, 2.45) is 0 Å². The van der Waals surface area contributed by atoms with Crippen LogP contribution in [0, 0.1) is 0 Å². The van der Waals surface area contributed by atoms with Crippen LogP contribution in [-0.2, 0) is 11.2 Å². The molecule has 3 atom stereocenters. The van der Waals surface area contributed by atoms with E-state index in [4.69, 9.17) is 4.74 Å². The third-order valence-corrected chi connectivity index (χ3v) is 4.72. The lowest BCUT2D eigenvalue weighted by atomic mass is 9.83. The molecule has 0 saturated carbocycles. The summed E-state index contributed by atoms with van der Waals surface area (Å²) in [5.41, 5.74) is 2.99. The molecule has 1 aliphatic rings. The quantitative estimate of drug-likeness (QED) is 0.835. The van der Waals surface area contributed by atoms with Gasteiger partial charge in [0.25, 0.3) is 0 Å². The first kappa shape index (κ1) is 16.5. The first-order valence-corrected chi connectivity index (χ1v) is 8.21. The second kappa shape index (κ2) is 7.92. The van der Waals surface area contributed by atoms with E-state index in [1.807, 2.05) is 0 Å². The van der Waals surface area contributed by atoms with Crippen LogP contribution in [0.2, 0.25) is 0 Å². The molecule has 0 radical (unpaired) electrons. The monoisotopic (exact) mass is 290 g/mol. The third kappa shape index (κ3) is 3.85. The van der Waals surface area contributed by atoms with Gasteiger partial charge >= 0.3 is 0 Å². The van der Waals surface area contributed by atoms with Gasteiger partial charge in [0.2, 0.25) is 0 Å². The van der Waals surface area contributed by atoms with Gasteiger partial charge in [-0.2, -0.15) is 0 Å². The standard InChI is InChI=1S/C18H30N2O/c1-5-12-19-18-16-9-7-6-8-15(16)10-11-17(18)20(3)14(2)13-21-4/h6-9,14,17-19H,5,10-13H2,1-4H3. The first-order valence-electron chi connectivity index (χ1n) is 8.21. The third-order valence-electron chi connectivity index (χ3n) is 4.72. The zero-order valence-corrected chi connectivity index (χ0v) is 13.9. The molecule has 118 valence electrons. The fourth-order valence-electron chi connectivity index (χ4n) is 3.41. The largest absolute Gasteiger partial charge is 0.383 e. The van der Waals surface area contributed by atoms with Crippen molar-refractivity contribution in [2.75, 3.05) is 27.3 Å². The number of ether oxygens (including phenoxy) is 1. The van der Waals surface area contributed by atoms with Gasteiger partial charge in [-0.3, -0.25) is 4.90 Å². The summed E-state index contributed by atoms with van der Waals surface area (Å²) < 4.78 is 5.34. The Labute approximate surface area is 129 Å². The predicted octanol–water partition coefficient (Wildman–Crippen LogP) is 3.01. The Morgan fingerprint density at radius 2 is 2.14 bits per heavy atom. The molecule has 0 fully saturated rings. The molecule has 0 saturated heterocycles. The number of likely N-dealkylation sites (N-methyl/N-ethyl adjacent to an activating group) is 1. The highest BCUT2D eigenvalue weighted by atomic mass is 16.5. The lowest BCUT2D eigenvalue weighted by Crippen LogP contribution is -2.50. The summed E-state index contributed by atoms with van der Waals surface area (Å²) in [4.78, 5) is 2.49. The van der Waals surface area contributed by atoms with Crippen LogP contribution in [0.15, 0.2) is 24.3 Å². The molecule has 1 aromatic rings. The number of hydrogen-bond acceptors (Lipinski definition) is 3. The minimum atomic E-state index is 0.430. The topological polar surface area (TPSA) is 24.5 Å². The molecule has 1 aliphatic carbocycles. The molecule has 3 heteroatoms. The Morgan fingerprint density at radius 3 is 2.86 bits per heavy atom. The van der Waals surface area contributed by atoms with Gasteiger partial charge in [0, 0.05) is 25.2 Å². The second-order valence-corrected chi connectivity index (χ2v) is 6.21. The van der Waals surface area contributed by atoms with Crippen LogP contribution in [-0.4, -0.2) is 44.3 Å². The summed E-state index contributed by atoms with van der Waals surface area (Å²) >= 11 is 0. The van der Waals surface area contributed by atoms with Crippen molar-refractivity contribution in [3.8, 4) is 0 Å². The van der Waals surface area contributed by atoms with E-state index in [1.54, 1.807) is 7.11 Å². The van der Waals surface area contributed by atoms with E-state index >= 15 is 0 Å². The van der Waals surface area contributed by atoms with Crippen LogP contribution in [0.5, 0.6) is 0 Å². The van der Waals surface area contributed by atoms with E-state index in [2.05, 4.69) is 55.4 Å². The molecule has 0 amide bonds. The van der Waals surface area contributed by atoms with Crippen molar-refractivity contribution in [1.29, 1.82) is 0 Å². The van der Waals surface area contributed by atoms with Crippen LogP contribution in [0.25, 0.3) is 0 Å². The van der Waals surface area contributed by atoms with Gasteiger partial charge < -0.3 is 10.1 Å². The molecule has 3 unspecified atom stereocenters. The van der Waals surface area contributed by atoms with Gasteiger partial charge in [-0.25, -0.2) is 0 Å². The molecule has 21 heavy (non-hydrogen) atoms. The maximum atomic E-state index is 5.34. The van der Waals surface area contributed by atoms with Crippen LogP contribution >= 0.6 is 0 Å². The summed E-state index contributed by atoms with van der Waals surface area (Å²) in [5.74, 6) is 0. The first-order chi connectivity index (χ1) is 10.2. The van der Waals surface area contributed by atoms with Crippen molar-refractivity contribution < 1.29 is 4.74 Å². The van der Waals surface area contributed by atoms with Crippen molar-refractivity contribution in [3.05, 3.63) is 35.4 Å². The number of benzene rings is 1. The molecule has 0 spiro atoms. The summed E-state index contributed by atoms with van der Waals surface area (Å²) in [6.45, 7) is 6.34. The molecule has 0 heterocycles. The summed E-state index contributed by atoms with van der Waals surface area (Å²) in [7, 11) is 4.02. The summed E-state index contributed by atoms with van der Waals surface area (Å²) in [6, 6.07) is 10.3.